The van der Waals surface area contributed by atoms with Crippen molar-refractivity contribution in [3.05, 3.63) is 46.4 Å². The molecule has 26 heavy (non-hydrogen) atoms. The van der Waals surface area contributed by atoms with Gasteiger partial charge in [0.15, 0.2) is 0 Å². The van der Waals surface area contributed by atoms with E-state index in [0.717, 1.165) is 16.2 Å². The molecule has 3 aromatic rings. The zero-order chi connectivity index (χ0) is 18.8. The fourth-order valence-electron chi connectivity index (χ4n) is 2.39. The fraction of sp³-hybridized carbons (Fsp3) is 0.0588. The number of rotatable bonds is 4. The number of halogens is 1. The van der Waals surface area contributed by atoms with Crippen LogP contribution in [0.3, 0.4) is 0 Å². The molecule has 0 spiro atoms. The lowest BCUT2D eigenvalue weighted by Crippen LogP contribution is -2.21. The quantitative estimate of drug-likeness (QED) is 0.426. The molecule has 0 fully saturated rings. The zero-order valence-electron chi connectivity index (χ0n) is 13.5. The summed E-state index contributed by atoms with van der Waals surface area (Å²) in [5.74, 6) is -0.617. The highest BCUT2D eigenvalue weighted by atomic mass is 79.9. The number of carbonyl (C=O) groups is 2. The van der Waals surface area contributed by atoms with E-state index in [9.17, 15) is 14.7 Å². The number of phenols is 1. The Morgan fingerprint density at radius 1 is 1.15 bits per heavy atom. The van der Waals surface area contributed by atoms with E-state index in [1.165, 1.54) is 6.07 Å². The predicted molar refractivity (Wildman–Crippen MR) is 111 cm³/mol. The lowest BCUT2D eigenvalue weighted by atomic mass is 10.1. The minimum atomic E-state index is -0.659. The molecule has 0 aliphatic heterocycles. The molecule has 3 amide bonds. The Kier molecular flexibility index (Phi) is 5.40. The summed E-state index contributed by atoms with van der Waals surface area (Å²) in [6, 6.07) is 9.94. The van der Waals surface area contributed by atoms with Crippen molar-refractivity contribution >= 4 is 71.7 Å². The van der Waals surface area contributed by atoms with E-state index >= 15 is 0 Å². The number of urea groups is 1. The number of hydrogen-bond donors (Lipinski definition) is 4. The number of hydrogen-bond acceptors (Lipinski definition) is 5. The minimum absolute atomic E-state index is 0.0413. The van der Waals surface area contributed by atoms with Gasteiger partial charge in [0.1, 0.15) is 10.8 Å². The third kappa shape index (κ3) is 3.64. The molecule has 2 aromatic carbocycles. The van der Waals surface area contributed by atoms with Gasteiger partial charge in [-0.05, 0) is 58.6 Å². The van der Waals surface area contributed by atoms with Gasteiger partial charge in [-0.2, -0.15) is 0 Å². The van der Waals surface area contributed by atoms with Crippen molar-refractivity contribution < 1.29 is 14.7 Å². The molecule has 6 nitrogen and oxygen atoms in total. The summed E-state index contributed by atoms with van der Waals surface area (Å²) in [4.78, 5) is 25.3. The molecule has 134 valence electrons. The maximum absolute atomic E-state index is 12.3. The van der Waals surface area contributed by atoms with Gasteiger partial charge in [0.25, 0.3) is 5.91 Å². The van der Waals surface area contributed by atoms with Gasteiger partial charge in [-0.15, -0.1) is 23.1 Å². The Morgan fingerprint density at radius 2 is 1.85 bits per heavy atom. The smallest absolute Gasteiger partial charge is 0.324 e. The highest BCUT2D eigenvalue weighted by Gasteiger charge is 2.21. The van der Waals surface area contributed by atoms with Crippen LogP contribution < -0.4 is 16.4 Å². The largest absolute Gasteiger partial charge is 0.507 e. The first-order valence-corrected chi connectivity index (χ1v) is 10.2. The highest BCUT2D eigenvalue weighted by molar-refractivity contribution is 9.10. The van der Waals surface area contributed by atoms with Crippen molar-refractivity contribution in [1.82, 2.24) is 0 Å². The molecule has 1 aromatic heterocycles. The second-order valence-electron chi connectivity index (χ2n) is 5.25. The third-order valence-electron chi connectivity index (χ3n) is 3.60. The number of nitrogens with one attached hydrogen (secondary N) is 2. The van der Waals surface area contributed by atoms with E-state index < -0.39 is 11.9 Å². The molecule has 0 radical (unpaired) electrons. The number of fused-ring (bicyclic) bond motifs is 1. The zero-order valence-corrected chi connectivity index (χ0v) is 16.7. The van der Waals surface area contributed by atoms with Crippen LogP contribution in [0.4, 0.5) is 15.5 Å². The summed E-state index contributed by atoms with van der Waals surface area (Å²) in [6.07, 6.45) is 1.97. The van der Waals surface area contributed by atoms with E-state index in [4.69, 9.17) is 5.73 Å². The van der Waals surface area contributed by atoms with Crippen molar-refractivity contribution in [2.24, 2.45) is 5.73 Å². The maximum Gasteiger partial charge on any atom is 0.324 e. The van der Waals surface area contributed by atoms with Gasteiger partial charge in [0.05, 0.1) is 14.7 Å². The fourth-order valence-corrected chi connectivity index (χ4v) is 4.52. The first kappa shape index (κ1) is 18.6. The molecular weight excluding hydrogens is 438 g/mol. The number of aromatic hydroxyl groups is 1. The summed E-state index contributed by atoms with van der Waals surface area (Å²) in [5, 5.41) is 16.1. The van der Waals surface area contributed by atoms with Crippen molar-refractivity contribution in [3.8, 4) is 5.75 Å². The van der Waals surface area contributed by atoms with Gasteiger partial charge in [-0.25, -0.2) is 4.79 Å². The lowest BCUT2D eigenvalue weighted by molar-refractivity contribution is 0.100. The van der Waals surface area contributed by atoms with E-state index in [1.807, 2.05) is 18.4 Å². The second kappa shape index (κ2) is 7.56. The number of anilines is 2. The number of carbonyl (C=O) groups excluding carboxylic acids is 2. The van der Waals surface area contributed by atoms with Crippen LogP contribution >= 0.6 is 39.0 Å². The summed E-state index contributed by atoms with van der Waals surface area (Å²) < 4.78 is 1.07. The van der Waals surface area contributed by atoms with Gasteiger partial charge in [0.2, 0.25) is 0 Å². The van der Waals surface area contributed by atoms with Crippen molar-refractivity contribution in [1.29, 1.82) is 0 Å². The molecule has 0 unspecified atom stereocenters. The van der Waals surface area contributed by atoms with Crippen LogP contribution in [0.2, 0.25) is 0 Å². The first-order chi connectivity index (χ1) is 12.4. The summed E-state index contributed by atoms with van der Waals surface area (Å²) >= 11 is 6.05. The molecule has 0 aliphatic carbocycles. The molecular formula is C17H14BrN3O3S2. The van der Waals surface area contributed by atoms with Crippen LogP contribution in [0.5, 0.6) is 5.75 Å². The lowest BCUT2D eigenvalue weighted by Gasteiger charge is -2.07. The highest BCUT2D eigenvalue weighted by Crippen LogP contribution is 2.43. The number of nitrogens with two attached hydrogens (primary N) is 1. The van der Waals surface area contributed by atoms with E-state index in [0.29, 0.717) is 25.2 Å². The van der Waals surface area contributed by atoms with Crippen molar-refractivity contribution in [2.45, 2.75) is 4.90 Å². The number of thioether (sulfide) groups is 1. The monoisotopic (exact) mass is 451 g/mol. The minimum Gasteiger partial charge on any atom is -0.507 e. The second-order valence-corrected chi connectivity index (χ2v) is 7.95. The SMILES string of the molecule is CSc1ccc(NC(=O)Nc2sc3c(Br)c(O)ccc3c2C(N)=O)cc1. The molecule has 3 rings (SSSR count). The van der Waals surface area contributed by atoms with Gasteiger partial charge in [0, 0.05) is 16.0 Å². The molecule has 0 saturated heterocycles. The molecule has 1 heterocycles. The number of benzene rings is 2. The predicted octanol–water partition coefficient (Wildman–Crippen LogP) is 4.83. The molecule has 0 atom stereocenters. The van der Waals surface area contributed by atoms with Crippen molar-refractivity contribution in [3.63, 3.8) is 0 Å². The number of primary amides is 1. The van der Waals surface area contributed by atoms with Crippen LogP contribution in [-0.2, 0) is 0 Å². The van der Waals surface area contributed by atoms with Crippen LogP contribution in [0, 0.1) is 0 Å². The Morgan fingerprint density at radius 3 is 2.46 bits per heavy atom. The summed E-state index contributed by atoms with van der Waals surface area (Å²) in [5.41, 5.74) is 6.32. The molecule has 0 aliphatic rings. The van der Waals surface area contributed by atoms with Gasteiger partial charge in [-0.3, -0.25) is 10.1 Å². The Labute approximate surface area is 165 Å². The molecule has 0 bridgehead atoms. The average Bonchev–Trinajstić information content (AvgIpc) is 2.97. The Hall–Kier alpha value is -2.23. The maximum atomic E-state index is 12.3. The molecule has 5 N–H and O–H groups in total. The standard InChI is InChI=1S/C17H14BrN3O3S2/c1-25-9-4-2-8(3-5-9)20-17(24)21-16-12(15(19)23)10-6-7-11(22)13(18)14(10)26-16/h2-7,22H,1H3,(H2,19,23)(H2,20,21,24). The van der Waals surface area contributed by atoms with Crippen LogP contribution in [0.15, 0.2) is 45.8 Å². The van der Waals surface area contributed by atoms with E-state index in [-0.39, 0.29) is 11.3 Å². The van der Waals surface area contributed by atoms with Crippen LogP contribution in [0.1, 0.15) is 10.4 Å². The van der Waals surface area contributed by atoms with E-state index in [1.54, 1.807) is 30.0 Å². The Bertz CT molecular complexity index is 1000. The molecule has 9 heteroatoms. The first-order valence-electron chi connectivity index (χ1n) is 7.36. The number of phenolic OH excluding ortho intramolecular Hbond substituents is 1. The number of thiophene rings is 1. The van der Waals surface area contributed by atoms with Crippen LogP contribution in [-0.4, -0.2) is 23.3 Å². The molecule has 0 saturated carbocycles. The average molecular weight is 452 g/mol. The van der Waals surface area contributed by atoms with Crippen LogP contribution in [0.25, 0.3) is 10.1 Å². The van der Waals surface area contributed by atoms with Gasteiger partial charge < -0.3 is 16.2 Å². The van der Waals surface area contributed by atoms with Crippen molar-refractivity contribution in [2.75, 3.05) is 16.9 Å². The number of amides is 3. The Balaban J connectivity index is 1.89. The topological polar surface area (TPSA) is 104 Å². The van der Waals surface area contributed by atoms with E-state index in [2.05, 4.69) is 26.6 Å². The van der Waals surface area contributed by atoms with Gasteiger partial charge >= 0.3 is 6.03 Å². The summed E-state index contributed by atoms with van der Waals surface area (Å²) in [6.45, 7) is 0. The third-order valence-corrected chi connectivity index (χ3v) is 6.55. The van der Waals surface area contributed by atoms with Gasteiger partial charge in [-0.1, -0.05) is 0 Å². The normalized spacial score (nSPS) is 10.7. The summed E-state index contributed by atoms with van der Waals surface area (Å²) in [7, 11) is 0.